The smallest absolute Gasteiger partial charge is 0.335 e. The number of nitrogens with one attached hydrogen (secondary N) is 1. The van der Waals surface area contributed by atoms with E-state index in [1.165, 1.54) is 5.56 Å². The van der Waals surface area contributed by atoms with E-state index < -0.39 is 5.97 Å². The Morgan fingerprint density at radius 2 is 1.95 bits per heavy atom. The van der Waals surface area contributed by atoms with Gasteiger partial charge in [-0.15, -0.1) is 0 Å². The zero-order valence-electron chi connectivity index (χ0n) is 11.1. The molecule has 2 aromatic carbocycles. The fraction of sp³-hybridized carbons (Fsp3) is 0.188. The quantitative estimate of drug-likeness (QED) is 0.869. The van der Waals surface area contributed by atoms with E-state index in [-0.39, 0.29) is 6.04 Å². The van der Waals surface area contributed by atoms with Crippen LogP contribution in [0.5, 0.6) is 0 Å². The maximum atomic E-state index is 10.8. The molecule has 0 aliphatic carbocycles. The van der Waals surface area contributed by atoms with Crippen LogP contribution in [0.1, 0.15) is 34.5 Å². The second-order valence-corrected chi connectivity index (χ2v) is 5.58. The summed E-state index contributed by atoms with van der Waals surface area (Å²) in [5.41, 5.74) is 2.59. The Balaban J connectivity index is 1.96. The summed E-state index contributed by atoms with van der Waals surface area (Å²) in [6, 6.07) is 15.3. The normalized spacial score (nSPS) is 12.1. The Morgan fingerprint density at radius 1 is 1.25 bits per heavy atom. The first-order chi connectivity index (χ1) is 9.56. The van der Waals surface area contributed by atoms with E-state index in [0.29, 0.717) is 12.1 Å². The first-order valence-electron chi connectivity index (χ1n) is 6.37. The van der Waals surface area contributed by atoms with Gasteiger partial charge >= 0.3 is 5.97 Å². The van der Waals surface area contributed by atoms with Crippen molar-refractivity contribution in [2.24, 2.45) is 0 Å². The molecule has 104 valence electrons. The highest BCUT2D eigenvalue weighted by atomic mass is 79.9. The number of hydrogen-bond donors (Lipinski definition) is 2. The van der Waals surface area contributed by atoms with Gasteiger partial charge in [0, 0.05) is 17.1 Å². The Hall–Kier alpha value is -1.65. The van der Waals surface area contributed by atoms with Crippen LogP contribution >= 0.6 is 15.9 Å². The minimum atomic E-state index is -0.896. The van der Waals surface area contributed by atoms with Gasteiger partial charge in [0.15, 0.2) is 0 Å². The lowest BCUT2D eigenvalue weighted by Crippen LogP contribution is -2.18. The third-order valence-corrected chi connectivity index (χ3v) is 3.66. The molecule has 0 aliphatic rings. The number of benzene rings is 2. The van der Waals surface area contributed by atoms with Gasteiger partial charge in [-0.05, 0) is 42.3 Å². The summed E-state index contributed by atoms with van der Waals surface area (Å²) in [5.74, 6) is -0.896. The molecule has 0 spiro atoms. The van der Waals surface area contributed by atoms with Crippen molar-refractivity contribution in [1.29, 1.82) is 0 Å². The molecule has 4 heteroatoms. The molecule has 20 heavy (non-hydrogen) atoms. The van der Waals surface area contributed by atoms with Gasteiger partial charge in [0.1, 0.15) is 0 Å². The van der Waals surface area contributed by atoms with Crippen LogP contribution in [0, 0.1) is 0 Å². The molecular formula is C16H16BrNO2. The van der Waals surface area contributed by atoms with E-state index in [1.807, 2.05) is 24.3 Å². The summed E-state index contributed by atoms with van der Waals surface area (Å²) in [5, 5.41) is 12.3. The van der Waals surface area contributed by atoms with Crippen molar-refractivity contribution in [2.45, 2.75) is 19.5 Å². The van der Waals surface area contributed by atoms with E-state index in [9.17, 15) is 4.79 Å². The van der Waals surface area contributed by atoms with Crippen molar-refractivity contribution in [3.8, 4) is 0 Å². The van der Waals surface area contributed by atoms with Crippen LogP contribution in [0.3, 0.4) is 0 Å². The van der Waals surface area contributed by atoms with Crippen molar-refractivity contribution in [1.82, 2.24) is 5.32 Å². The van der Waals surface area contributed by atoms with Crippen molar-refractivity contribution in [3.05, 3.63) is 69.7 Å². The Bertz CT molecular complexity index is 596. The van der Waals surface area contributed by atoms with Gasteiger partial charge in [-0.3, -0.25) is 0 Å². The number of carboxylic acid groups (broad SMARTS) is 1. The van der Waals surface area contributed by atoms with E-state index in [2.05, 4.69) is 40.3 Å². The van der Waals surface area contributed by atoms with Gasteiger partial charge in [0.05, 0.1) is 5.56 Å². The Labute approximate surface area is 126 Å². The SMILES string of the molecule is C[C@@H](NCc1ccc(C(=O)O)cc1)c1cccc(Br)c1. The monoisotopic (exact) mass is 333 g/mol. The summed E-state index contributed by atoms with van der Waals surface area (Å²) in [6.07, 6.45) is 0. The molecule has 2 rings (SSSR count). The molecule has 0 aromatic heterocycles. The molecule has 0 saturated carbocycles. The lowest BCUT2D eigenvalue weighted by atomic mass is 10.1. The zero-order chi connectivity index (χ0) is 14.5. The highest BCUT2D eigenvalue weighted by Gasteiger charge is 2.06. The van der Waals surface area contributed by atoms with Gasteiger partial charge in [0.25, 0.3) is 0 Å². The molecule has 0 amide bonds. The molecular weight excluding hydrogens is 318 g/mol. The van der Waals surface area contributed by atoms with Crippen molar-refractivity contribution in [3.63, 3.8) is 0 Å². The minimum Gasteiger partial charge on any atom is -0.478 e. The van der Waals surface area contributed by atoms with Crippen LogP contribution in [0.15, 0.2) is 53.0 Å². The van der Waals surface area contributed by atoms with Gasteiger partial charge in [-0.2, -0.15) is 0 Å². The average molecular weight is 334 g/mol. The topological polar surface area (TPSA) is 49.3 Å². The lowest BCUT2D eigenvalue weighted by molar-refractivity contribution is 0.0697. The van der Waals surface area contributed by atoms with E-state index in [1.54, 1.807) is 12.1 Å². The van der Waals surface area contributed by atoms with Gasteiger partial charge in [0.2, 0.25) is 0 Å². The zero-order valence-corrected chi connectivity index (χ0v) is 12.7. The predicted molar refractivity (Wildman–Crippen MR) is 82.8 cm³/mol. The predicted octanol–water partition coefficient (Wildman–Crippen LogP) is 4.00. The maximum Gasteiger partial charge on any atom is 0.335 e. The Morgan fingerprint density at radius 3 is 2.55 bits per heavy atom. The van der Waals surface area contributed by atoms with Crippen LogP contribution in [0.25, 0.3) is 0 Å². The largest absolute Gasteiger partial charge is 0.478 e. The molecule has 2 N–H and O–H groups in total. The summed E-state index contributed by atoms with van der Waals surface area (Å²) in [7, 11) is 0. The van der Waals surface area contributed by atoms with Gasteiger partial charge in [-0.25, -0.2) is 4.79 Å². The number of carboxylic acids is 1. The van der Waals surface area contributed by atoms with Crippen molar-refractivity contribution < 1.29 is 9.90 Å². The molecule has 0 fully saturated rings. The van der Waals surface area contributed by atoms with Crippen molar-refractivity contribution in [2.75, 3.05) is 0 Å². The Kier molecular flexibility index (Phi) is 4.93. The minimum absolute atomic E-state index is 0.228. The summed E-state index contributed by atoms with van der Waals surface area (Å²) >= 11 is 3.46. The van der Waals surface area contributed by atoms with E-state index in [0.717, 1.165) is 10.0 Å². The number of aromatic carboxylic acids is 1. The van der Waals surface area contributed by atoms with Crippen molar-refractivity contribution >= 4 is 21.9 Å². The number of halogens is 1. The molecule has 0 aliphatic heterocycles. The molecule has 3 nitrogen and oxygen atoms in total. The molecule has 0 saturated heterocycles. The molecule has 1 atom stereocenters. The first-order valence-corrected chi connectivity index (χ1v) is 7.16. The molecule has 0 radical (unpaired) electrons. The lowest BCUT2D eigenvalue weighted by Gasteiger charge is -2.14. The number of carbonyl (C=O) groups is 1. The van der Waals surface area contributed by atoms with E-state index >= 15 is 0 Å². The fourth-order valence-corrected chi connectivity index (χ4v) is 2.35. The van der Waals surface area contributed by atoms with Gasteiger partial charge < -0.3 is 10.4 Å². The second-order valence-electron chi connectivity index (χ2n) is 4.66. The second kappa shape index (κ2) is 6.68. The van der Waals surface area contributed by atoms with Crippen LogP contribution < -0.4 is 5.32 Å². The standard InChI is InChI=1S/C16H16BrNO2/c1-11(14-3-2-4-15(17)9-14)18-10-12-5-7-13(8-6-12)16(19)20/h2-9,11,18H,10H2,1H3,(H,19,20)/t11-/m1/s1. The molecule has 0 heterocycles. The third-order valence-electron chi connectivity index (χ3n) is 3.16. The van der Waals surface area contributed by atoms with Gasteiger partial charge in [-0.1, -0.05) is 40.2 Å². The molecule has 2 aromatic rings. The number of hydrogen-bond acceptors (Lipinski definition) is 2. The molecule has 0 unspecified atom stereocenters. The number of rotatable bonds is 5. The third kappa shape index (κ3) is 3.92. The van der Waals surface area contributed by atoms with Crippen LogP contribution in [-0.4, -0.2) is 11.1 Å². The van der Waals surface area contributed by atoms with Crippen LogP contribution in [0.4, 0.5) is 0 Å². The molecule has 0 bridgehead atoms. The maximum absolute atomic E-state index is 10.8. The average Bonchev–Trinajstić information content (AvgIpc) is 2.45. The first kappa shape index (κ1) is 14.8. The van der Waals surface area contributed by atoms with Crippen LogP contribution in [0.2, 0.25) is 0 Å². The highest BCUT2D eigenvalue weighted by Crippen LogP contribution is 2.18. The van der Waals surface area contributed by atoms with E-state index in [4.69, 9.17) is 5.11 Å². The highest BCUT2D eigenvalue weighted by molar-refractivity contribution is 9.10. The van der Waals surface area contributed by atoms with Crippen LogP contribution in [-0.2, 0) is 6.54 Å². The summed E-state index contributed by atoms with van der Waals surface area (Å²) in [6.45, 7) is 2.81. The summed E-state index contributed by atoms with van der Waals surface area (Å²) < 4.78 is 1.06. The fourth-order valence-electron chi connectivity index (χ4n) is 1.93. The summed E-state index contributed by atoms with van der Waals surface area (Å²) in [4.78, 5) is 10.8.